The highest BCUT2D eigenvalue weighted by molar-refractivity contribution is 5.90. The van der Waals surface area contributed by atoms with E-state index in [1.165, 1.54) is 31.2 Å². The molecule has 1 amide bonds. The number of amides is 1. The van der Waals surface area contributed by atoms with Gasteiger partial charge in [0.25, 0.3) is 5.91 Å². The molecular weight excluding hydrogens is 328 g/mol. The molecule has 4 rings (SSSR count). The van der Waals surface area contributed by atoms with Crippen LogP contribution in [0.15, 0.2) is 24.4 Å². The number of hydrogen-bond acceptors (Lipinski definition) is 3. The van der Waals surface area contributed by atoms with E-state index >= 15 is 0 Å². The lowest BCUT2D eigenvalue weighted by Crippen LogP contribution is -2.40. The van der Waals surface area contributed by atoms with Crippen molar-refractivity contribution < 1.29 is 14.6 Å². The average molecular weight is 356 g/mol. The Morgan fingerprint density at radius 1 is 1.15 bits per heavy atom. The van der Waals surface area contributed by atoms with Gasteiger partial charge in [-0.1, -0.05) is 18.9 Å². The number of aliphatic hydroxyl groups is 1. The summed E-state index contributed by atoms with van der Waals surface area (Å²) in [5, 5.41) is 13.7. The number of ether oxygens (including phenoxy) is 1. The van der Waals surface area contributed by atoms with Crippen LogP contribution < -0.4 is 10.1 Å². The minimum absolute atomic E-state index is 0.0352. The third-order valence-electron chi connectivity index (χ3n) is 5.91. The van der Waals surface area contributed by atoms with E-state index in [1.54, 1.807) is 0 Å². The molecule has 1 aromatic heterocycles. The Labute approximate surface area is 154 Å². The summed E-state index contributed by atoms with van der Waals surface area (Å²) >= 11 is 0. The van der Waals surface area contributed by atoms with Crippen molar-refractivity contribution in [3.05, 3.63) is 30.0 Å². The highest BCUT2D eigenvalue weighted by atomic mass is 16.5. The molecule has 2 aliphatic rings. The van der Waals surface area contributed by atoms with E-state index in [2.05, 4.69) is 22.6 Å². The van der Waals surface area contributed by atoms with Gasteiger partial charge in [0.05, 0.1) is 6.10 Å². The third-order valence-corrected chi connectivity index (χ3v) is 5.91. The number of aromatic amines is 1. The lowest BCUT2D eigenvalue weighted by Gasteiger charge is -2.26. The molecule has 0 atom stereocenters. The number of carbonyl (C=O) groups is 1. The molecule has 0 bridgehead atoms. The number of hydrogen-bond donors (Lipinski definition) is 3. The summed E-state index contributed by atoms with van der Waals surface area (Å²) in [6, 6.07) is 6.14. The van der Waals surface area contributed by atoms with Crippen molar-refractivity contribution in [2.75, 3.05) is 6.61 Å². The van der Waals surface area contributed by atoms with E-state index in [-0.39, 0.29) is 24.7 Å². The fraction of sp³-hybridized carbons (Fsp3) is 0.571. The van der Waals surface area contributed by atoms with Crippen molar-refractivity contribution >= 4 is 16.8 Å². The monoisotopic (exact) mass is 356 g/mol. The average Bonchev–Trinajstić information content (AvgIpc) is 3.31. The molecule has 2 aromatic rings. The zero-order valence-electron chi connectivity index (χ0n) is 15.2. The zero-order valence-corrected chi connectivity index (χ0v) is 15.2. The van der Waals surface area contributed by atoms with Crippen molar-refractivity contribution in [3.63, 3.8) is 0 Å². The second kappa shape index (κ2) is 7.70. The van der Waals surface area contributed by atoms with Crippen LogP contribution in [-0.2, 0) is 4.79 Å². The predicted octanol–water partition coefficient (Wildman–Crippen LogP) is 3.62. The lowest BCUT2D eigenvalue weighted by molar-refractivity contribution is -0.124. The first kappa shape index (κ1) is 17.4. The zero-order chi connectivity index (χ0) is 17.9. The van der Waals surface area contributed by atoms with Crippen molar-refractivity contribution in [2.45, 2.75) is 69.4 Å². The highest BCUT2D eigenvalue weighted by Crippen LogP contribution is 2.40. The third kappa shape index (κ3) is 3.73. The molecule has 0 spiro atoms. The van der Waals surface area contributed by atoms with E-state index in [0.29, 0.717) is 5.92 Å². The van der Waals surface area contributed by atoms with Gasteiger partial charge in [-0.2, -0.15) is 0 Å². The molecule has 2 aliphatic carbocycles. The molecule has 140 valence electrons. The fourth-order valence-corrected chi connectivity index (χ4v) is 4.49. The van der Waals surface area contributed by atoms with E-state index in [4.69, 9.17) is 4.74 Å². The maximum Gasteiger partial charge on any atom is 0.258 e. The normalized spacial score (nSPS) is 24.0. The van der Waals surface area contributed by atoms with Crippen LogP contribution in [-0.4, -0.2) is 34.8 Å². The molecule has 26 heavy (non-hydrogen) atoms. The molecule has 0 saturated heterocycles. The van der Waals surface area contributed by atoms with Gasteiger partial charge in [0, 0.05) is 23.1 Å². The lowest BCUT2D eigenvalue weighted by atomic mass is 9.93. The maximum absolute atomic E-state index is 12.3. The van der Waals surface area contributed by atoms with Crippen LogP contribution in [0.5, 0.6) is 5.75 Å². The Kier molecular flexibility index (Phi) is 5.16. The summed E-state index contributed by atoms with van der Waals surface area (Å²) < 4.78 is 5.92. The molecule has 2 saturated carbocycles. The van der Waals surface area contributed by atoms with Gasteiger partial charge >= 0.3 is 0 Å². The van der Waals surface area contributed by atoms with E-state index in [0.717, 1.165) is 42.3 Å². The van der Waals surface area contributed by atoms with Gasteiger partial charge in [-0.05, 0) is 62.1 Å². The Hall–Kier alpha value is -2.01. The van der Waals surface area contributed by atoms with Crippen molar-refractivity contribution in [2.24, 2.45) is 0 Å². The summed E-state index contributed by atoms with van der Waals surface area (Å²) in [6.45, 7) is 0.0352. The topological polar surface area (TPSA) is 74.4 Å². The van der Waals surface area contributed by atoms with Gasteiger partial charge in [0.1, 0.15) is 5.75 Å². The number of nitrogens with one attached hydrogen (secondary N) is 2. The van der Waals surface area contributed by atoms with Crippen LogP contribution in [0.25, 0.3) is 10.9 Å². The first-order valence-electron chi connectivity index (χ1n) is 9.91. The van der Waals surface area contributed by atoms with Gasteiger partial charge in [0.2, 0.25) is 0 Å². The smallest absolute Gasteiger partial charge is 0.258 e. The molecule has 1 heterocycles. The van der Waals surface area contributed by atoms with Crippen molar-refractivity contribution in [1.29, 1.82) is 0 Å². The highest BCUT2D eigenvalue weighted by Gasteiger charge is 2.23. The second-order valence-electron chi connectivity index (χ2n) is 7.77. The Morgan fingerprint density at radius 2 is 1.92 bits per heavy atom. The van der Waals surface area contributed by atoms with Crippen LogP contribution in [0, 0.1) is 0 Å². The molecule has 5 nitrogen and oxygen atoms in total. The number of aromatic nitrogens is 1. The number of rotatable bonds is 5. The molecule has 5 heteroatoms. The van der Waals surface area contributed by atoms with E-state index in [9.17, 15) is 9.90 Å². The Morgan fingerprint density at radius 3 is 2.69 bits per heavy atom. The molecule has 0 unspecified atom stereocenters. The van der Waals surface area contributed by atoms with Crippen LogP contribution in [0.4, 0.5) is 0 Å². The summed E-state index contributed by atoms with van der Waals surface area (Å²) in [5.74, 6) is 1.30. The minimum Gasteiger partial charge on any atom is -0.483 e. The first-order chi connectivity index (χ1) is 12.7. The molecule has 1 aromatic carbocycles. The standard InChI is InChI=1S/C21H28N2O3/c24-16-10-8-15(9-11-16)23-20(25)13-26-19-7-3-6-18-21(19)17(12-22-18)14-4-1-2-5-14/h3,6-7,12,14-16,22,24H,1-2,4-5,8-11,13H2,(H,23,25). The summed E-state index contributed by atoms with van der Waals surface area (Å²) in [4.78, 5) is 15.6. The molecule has 0 aliphatic heterocycles. The van der Waals surface area contributed by atoms with Crippen LogP contribution >= 0.6 is 0 Å². The number of aliphatic hydroxyl groups excluding tert-OH is 1. The van der Waals surface area contributed by atoms with Gasteiger partial charge in [-0.15, -0.1) is 0 Å². The largest absolute Gasteiger partial charge is 0.483 e. The molecule has 3 N–H and O–H groups in total. The van der Waals surface area contributed by atoms with Crippen LogP contribution in [0.2, 0.25) is 0 Å². The number of fused-ring (bicyclic) bond motifs is 1. The summed E-state index contributed by atoms with van der Waals surface area (Å²) in [5.41, 5.74) is 2.40. The van der Waals surface area contributed by atoms with Crippen molar-refractivity contribution in [3.8, 4) is 5.75 Å². The molecule has 2 fully saturated rings. The Bertz CT molecular complexity index is 756. The SMILES string of the molecule is O=C(COc1cccc2[nH]cc(C3CCCC3)c12)NC1CCC(O)CC1. The Balaban J connectivity index is 1.42. The second-order valence-corrected chi connectivity index (χ2v) is 7.77. The molecular formula is C21H28N2O3. The van der Waals surface area contributed by atoms with Crippen LogP contribution in [0.3, 0.4) is 0 Å². The van der Waals surface area contributed by atoms with Gasteiger partial charge in [-0.3, -0.25) is 4.79 Å². The van der Waals surface area contributed by atoms with Gasteiger partial charge in [0.15, 0.2) is 6.61 Å². The van der Waals surface area contributed by atoms with Crippen molar-refractivity contribution in [1.82, 2.24) is 10.3 Å². The quantitative estimate of drug-likeness (QED) is 0.766. The number of benzene rings is 1. The van der Waals surface area contributed by atoms with Crippen LogP contribution in [0.1, 0.15) is 62.8 Å². The summed E-state index contributed by atoms with van der Waals surface area (Å²) in [6.07, 6.45) is 10.2. The summed E-state index contributed by atoms with van der Waals surface area (Å²) in [7, 11) is 0. The number of H-pyrrole nitrogens is 1. The maximum atomic E-state index is 12.3. The predicted molar refractivity (Wildman–Crippen MR) is 101 cm³/mol. The van der Waals surface area contributed by atoms with E-state index in [1.807, 2.05) is 12.1 Å². The first-order valence-corrected chi connectivity index (χ1v) is 9.91. The minimum atomic E-state index is -0.209. The number of carbonyl (C=O) groups excluding carboxylic acids is 1. The molecule has 0 radical (unpaired) electrons. The van der Waals surface area contributed by atoms with Gasteiger partial charge in [-0.25, -0.2) is 0 Å². The fourth-order valence-electron chi connectivity index (χ4n) is 4.49. The van der Waals surface area contributed by atoms with E-state index < -0.39 is 0 Å². The van der Waals surface area contributed by atoms with Gasteiger partial charge < -0.3 is 20.1 Å².